The Balaban J connectivity index is 1.60. The van der Waals surface area contributed by atoms with Gasteiger partial charge >= 0.3 is 5.97 Å². The molecule has 0 heterocycles. The first-order valence-electron chi connectivity index (χ1n) is 11.3. The molecule has 0 unspecified atom stereocenters. The van der Waals surface area contributed by atoms with Crippen molar-refractivity contribution in [3.63, 3.8) is 0 Å². The van der Waals surface area contributed by atoms with Crippen LogP contribution in [0.2, 0.25) is 0 Å². The summed E-state index contributed by atoms with van der Waals surface area (Å²) in [4.78, 5) is 37.8. The molecule has 2 amide bonds. The molecular formula is C26H32N2O4. The second-order valence-corrected chi connectivity index (χ2v) is 8.63. The fourth-order valence-electron chi connectivity index (χ4n) is 4.15. The van der Waals surface area contributed by atoms with Crippen LogP contribution in [0.4, 0.5) is 0 Å². The highest BCUT2D eigenvalue weighted by Crippen LogP contribution is 2.29. The van der Waals surface area contributed by atoms with Crippen molar-refractivity contribution < 1.29 is 19.1 Å². The number of carbonyl (C=O) groups is 3. The highest BCUT2D eigenvalue weighted by atomic mass is 16.5. The molecule has 1 aliphatic carbocycles. The molecule has 6 nitrogen and oxygen atoms in total. The highest BCUT2D eigenvalue weighted by Gasteiger charge is 2.29. The summed E-state index contributed by atoms with van der Waals surface area (Å²) in [5, 5.41) is 5.76. The molecule has 32 heavy (non-hydrogen) atoms. The van der Waals surface area contributed by atoms with E-state index in [1.807, 2.05) is 36.4 Å². The smallest absolute Gasteiger partial charge is 0.329 e. The Morgan fingerprint density at radius 3 is 2.31 bits per heavy atom. The van der Waals surface area contributed by atoms with E-state index in [1.165, 1.54) is 6.42 Å². The van der Waals surface area contributed by atoms with E-state index < -0.39 is 12.0 Å². The van der Waals surface area contributed by atoms with Gasteiger partial charge in [-0.1, -0.05) is 75.2 Å². The molecule has 0 bridgehead atoms. The first-order valence-corrected chi connectivity index (χ1v) is 11.3. The number of carbonyl (C=O) groups excluding carboxylic acids is 3. The van der Waals surface area contributed by atoms with Crippen molar-refractivity contribution in [3.8, 4) is 0 Å². The first kappa shape index (κ1) is 23.5. The molecule has 0 spiro atoms. The fraction of sp³-hybridized carbons (Fsp3) is 0.423. The number of hydrogen-bond donors (Lipinski definition) is 2. The lowest BCUT2D eigenvalue weighted by atomic mass is 9.78. The average molecular weight is 437 g/mol. The molecule has 1 fully saturated rings. The van der Waals surface area contributed by atoms with Gasteiger partial charge in [0.2, 0.25) is 0 Å². The maximum Gasteiger partial charge on any atom is 0.329 e. The zero-order chi connectivity index (χ0) is 22.9. The van der Waals surface area contributed by atoms with Gasteiger partial charge in [-0.2, -0.15) is 0 Å². The number of rotatable bonds is 8. The summed E-state index contributed by atoms with van der Waals surface area (Å²) in [5.74, 6) is -0.354. The largest absolute Gasteiger partial charge is 0.454 e. The third kappa shape index (κ3) is 6.67. The van der Waals surface area contributed by atoms with E-state index >= 15 is 0 Å². The summed E-state index contributed by atoms with van der Waals surface area (Å²) in [7, 11) is 0. The van der Waals surface area contributed by atoms with Crippen LogP contribution in [0.15, 0.2) is 60.7 Å². The summed E-state index contributed by atoms with van der Waals surface area (Å²) >= 11 is 0. The summed E-state index contributed by atoms with van der Waals surface area (Å²) in [6, 6.07) is 17.3. The minimum atomic E-state index is -0.897. The van der Waals surface area contributed by atoms with Gasteiger partial charge in [0, 0.05) is 18.0 Å². The van der Waals surface area contributed by atoms with Crippen LogP contribution in [0, 0.1) is 11.8 Å². The van der Waals surface area contributed by atoms with Gasteiger partial charge in [-0.05, 0) is 36.0 Å². The Bertz CT molecular complexity index is 901. The van der Waals surface area contributed by atoms with Gasteiger partial charge in [0.15, 0.2) is 6.61 Å². The lowest BCUT2D eigenvalue weighted by Gasteiger charge is -2.34. The van der Waals surface area contributed by atoms with Gasteiger partial charge in [-0.15, -0.1) is 0 Å². The predicted molar refractivity (Wildman–Crippen MR) is 123 cm³/mol. The third-order valence-electron chi connectivity index (χ3n) is 6.31. The summed E-state index contributed by atoms with van der Waals surface area (Å²) in [5.41, 5.74) is 1.34. The average Bonchev–Trinajstić information content (AvgIpc) is 2.81. The predicted octanol–water partition coefficient (Wildman–Crippen LogP) is 3.51. The standard InChI is InChI=1S/C26H32N2O4/c1-18-10-9-15-22(19(18)2)27-24(29)17-32-26(31)23(16-20-11-5-3-6-12-20)28-25(30)21-13-7-4-8-14-21/h3-8,11-14,18-19,22-23H,9-10,15-17H2,1-2H3,(H,27,29)(H,28,30)/t18-,19-,22+,23+/m1/s1. The lowest BCUT2D eigenvalue weighted by molar-refractivity contribution is -0.150. The van der Waals surface area contributed by atoms with E-state index in [2.05, 4.69) is 24.5 Å². The summed E-state index contributed by atoms with van der Waals surface area (Å²) in [6.45, 7) is 3.99. The zero-order valence-corrected chi connectivity index (χ0v) is 18.8. The van der Waals surface area contributed by atoms with Gasteiger partial charge in [-0.25, -0.2) is 4.79 Å². The molecule has 0 saturated heterocycles. The third-order valence-corrected chi connectivity index (χ3v) is 6.31. The normalized spacial score (nSPS) is 21.2. The zero-order valence-electron chi connectivity index (χ0n) is 18.8. The lowest BCUT2D eigenvalue weighted by Crippen LogP contribution is -2.47. The SMILES string of the molecule is C[C@@H]1[C@H](C)CCC[C@@H]1NC(=O)COC(=O)[C@H](Cc1ccccc1)NC(=O)c1ccccc1. The van der Waals surface area contributed by atoms with Crippen molar-refractivity contribution in [3.05, 3.63) is 71.8 Å². The number of benzene rings is 2. The van der Waals surface area contributed by atoms with Crippen molar-refractivity contribution in [1.82, 2.24) is 10.6 Å². The van der Waals surface area contributed by atoms with Crippen LogP contribution in [-0.2, 0) is 20.7 Å². The molecule has 1 saturated carbocycles. The molecule has 2 aromatic carbocycles. The highest BCUT2D eigenvalue weighted by molar-refractivity contribution is 5.97. The van der Waals surface area contributed by atoms with Crippen molar-refractivity contribution in [2.75, 3.05) is 6.61 Å². The van der Waals surface area contributed by atoms with E-state index in [9.17, 15) is 14.4 Å². The molecule has 0 aliphatic heterocycles. The molecular weight excluding hydrogens is 404 g/mol. The Labute approximate surface area is 189 Å². The second-order valence-electron chi connectivity index (χ2n) is 8.63. The Hall–Kier alpha value is -3.15. The van der Waals surface area contributed by atoms with E-state index in [0.717, 1.165) is 18.4 Å². The van der Waals surface area contributed by atoms with Crippen molar-refractivity contribution >= 4 is 17.8 Å². The van der Waals surface area contributed by atoms with Crippen molar-refractivity contribution in [1.29, 1.82) is 0 Å². The molecule has 6 heteroatoms. The van der Waals surface area contributed by atoms with Crippen molar-refractivity contribution in [2.24, 2.45) is 11.8 Å². The monoisotopic (exact) mass is 436 g/mol. The van der Waals surface area contributed by atoms with Gasteiger partial charge in [0.25, 0.3) is 11.8 Å². The molecule has 2 N–H and O–H groups in total. The van der Waals surface area contributed by atoms with Gasteiger partial charge in [0.05, 0.1) is 0 Å². The molecule has 170 valence electrons. The molecule has 0 radical (unpaired) electrons. The van der Waals surface area contributed by atoms with Crippen LogP contribution in [0.5, 0.6) is 0 Å². The van der Waals surface area contributed by atoms with E-state index in [-0.39, 0.29) is 30.9 Å². The minimum absolute atomic E-state index is 0.0999. The van der Waals surface area contributed by atoms with Crippen molar-refractivity contribution in [2.45, 2.75) is 51.6 Å². The van der Waals surface area contributed by atoms with Crippen LogP contribution in [0.3, 0.4) is 0 Å². The second kappa shape index (κ2) is 11.5. The Kier molecular flexibility index (Phi) is 8.42. The molecule has 3 rings (SSSR count). The van der Waals surface area contributed by atoms with Gasteiger partial charge < -0.3 is 15.4 Å². The molecule has 0 aromatic heterocycles. The van der Waals surface area contributed by atoms with Crippen LogP contribution in [0.25, 0.3) is 0 Å². The van der Waals surface area contributed by atoms with Crippen LogP contribution >= 0.6 is 0 Å². The topological polar surface area (TPSA) is 84.5 Å². The number of hydrogen-bond acceptors (Lipinski definition) is 4. The van der Waals surface area contributed by atoms with Crippen LogP contribution in [-0.4, -0.2) is 36.5 Å². The van der Waals surface area contributed by atoms with Gasteiger partial charge in [0.1, 0.15) is 6.04 Å². The molecule has 2 aromatic rings. The maximum absolute atomic E-state index is 12.8. The van der Waals surface area contributed by atoms with E-state index in [1.54, 1.807) is 24.3 Å². The first-order chi connectivity index (χ1) is 15.4. The summed E-state index contributed by atoms with van der Waals surface area (Å²) < 4.78 is 5.31. The Morgan fingerprint density at radius 1 is 0.969 bits per heavy atom. The quantitative estimate of drug-likeness (QED) is 0.620. The van der Waals surface area contributed by atoms with Crippen LogP contribution < -0.4 is 10.6 Å². The molecule has 4 atom stereocenters. The van der Waals surface area contributed by atoms with E-state index in [4.69, 9.17) is 4.74 Å². The number of amides is 2. The Morgan fingerprint density at radius 2 is 1.62 bits per heavy atom. The summed E-state index contributed by atoms with van der Waals surface area (Å²) in [6.07, 6.45) is 3.47. The van der Waals surface area contributed by atoms with E-state index in [0.29, 0.717) is 17.4 Å². The number of esters is 1. The fourth-order valence-corrected chi connectivity index (χ4v) is 4.15. The molecule has 1 aliphatic rings. The maximum atomic E-state index is 12.8. The number of ether oxygens (including phenoxy) is 1. The van der Waals surface area contributed by atoms with Crippen LogP contribution in [0.1, 0.15) is 49.0 Å². The minimum Gasteiger partial charge on any atom is -0.454 e. The number of nitrogens with one attached hydrogen (secondary N) is 2. The van der Waals surface area contributed by atoms with Gasteiger partial charge in [-0.3, -0.25) is 9.59 Å².